The molecule has 5 nitrogen and oxygen atoms in total. The van der Waals surface area contributed by atoms with Crippen molar-refractivity contribution < 1.29 is 19.4 Å². The Bertz CT molecular complexity index is 586. The summed E-state index contributed by atoms with van der Waals surface area (Å²) in [5.74, 6) is -0.580. The average Bonchev–Trinajstić information content (AvgIpc) is 2.55. The number of amides is 1. The zero-order valence-electron chi connectivity index (χ0n) is 13.2. The second-order valence-corrected chi connectivity index (χ2v) is 6.41. The summed E-state index contributed by atoms with van der Waals surface area (Å²) in [6.45, 7) is 1.30. The Morgan fingerprint density at radius 3 is 2.91 bits per heavy atom. The Balaban J connectivity index is 1.70. The molecule has 1 aromatic carbocycles. The molecule has 0 radical (unpaired) electrons. The van der Waals surface area contributed by atoms with Gasteiger partial charge in [-0.05, 0) is 36.3 Å². The van der Waals surface area contributed by atoms with Crippen molar-refractivity contribution in [3.63, 3.8) is 0 Å². The van der Waals surface area contributed by atoms with Gasteiger partial charge in [0, 0.05) is 13.0 Å². The van der Waals surface area contributed by atoms with Crippen LogP contribution in [0.1, 0.15) is 42.7 Å². The van der Waals surface area contributed by atoms with Crippen molar-refractivity contribution in [2.75, 3.05) is 19.8 Å². The summed E-state index contributed by atoms with van der Waals surface area (Å²) in [5, 5.41) is 9.02. The molecular formula is C18H23NO4. The van der Waals surface area contributed by atoms with Crippen LogP contribution in [0.2, 0.25) is 0 Å². The first-order valence-electron chi connectivity index (χ1n) is 8.32. The Morgan fingerprint density at radius 2 is 2.09 bits per heavy atom. The fraction of sp³-hybridized carbons (Fsp3) is 0.556. The highest BCUT2D eigenvalue weighted by Crippen LogP contribution is 2.34. The molecule has 1 heterocycles. The molecule has 1 aliphatic heterocycles. The SMILES string of the molecule is O=C(O)CC1COCCN1C(=O)CC1CCCc2ccccc21. The Morgan fingerprint density at radius 1 is 1.26 bits per heavy atom. The largest absolute Gasteiger partial charge is 0.481 e. The van der Waals surface area contributed by atoms with Gasteiger partial charge in [-0.15, -0.1) is 0 Å². The molecule has 2 aliphatic rings. The number of fused-ring (bicyclic) bond motifs is 1. The minimum absolute atomic E-state index is 0.0486. The van der Waals surface area contributed by atoms with Crippen molar-refractivity contribution in [2.24, 2.45) is 0 Å². The molecule has 1 amide bonds. The molecule has 1 N–H and O–H groups in total. The standard InChI is InChI=1S/C18H23NO4/c20-17(19-8-9-23-12-15(19)11-18(21)22)10-14-6-3-5-13-4-1-2-7-16(13)14/h1-2,4,7,14-15H,3,5-6,8-12H2,(H,21,22). The van der Waals surface area contributed by atoms with E-state index in [1.165, 1.54) is 11.1 Å². The molecule has 23 heavy (non-hydrogen) atoms. The van der Waals surface area contributed by atoms with Gasteiger partial charge in [0.25, 0.3) is 0 Å². The molecule has 1 fully saturated rings. The van der Waals surface area contributed by atoms with Gasteiger partial charge in [0.15, 0.2) is 0 Å². The highest BCUT2D eigenvalue weighted by molar-refractivity contribution is 5.78. The maximum Gasteiger partial charge on any atom is 0.305 e. The lowest BCUT2D eigenvalue weighted by molar-refractivity contribution is -0.146. The number of aryl methyl sites for hydroxylation is 1. The summed E-state index contributed by atoms with van der Waals surface area (Å²) in [4.78, 5) is 25.5. The van der Waals surface area contributed by atoms with Crippen LogP contribution in [0, 0.1) is 0 Å². The maximum absolute atomic E-state index is 12.7. The van der Waals surface area contributed by atoms with Crippen molar-refractivity contribution in [2.45, 2.75) is 44.1 Å². The number of carboxylic acid groups (broad SMARTS) is 1. The number of aliphatic carboxylic acids is 1. The van der Waals surface area contributed by atoms with Crippen molar-refractivity contribution in [1.82, 2.24) is 4.90 Å². The quantitative estimate of drug-likeness (QED) is 0.924. The fourth-order valence-electron chi connectivity index (χ4n) is 3.75. The first kappa shape index (κ1) is 16.0. The van der Waals surface area contributed by atoms with E-state index in [-0.39, 0.29) is 24.3 Å². The van der Waals surface area contributed by atoms with Crippen LogP contribution in [0.5, 0.6) is 0 Å². The predicted octanol–water partition coefficient (Wildman–Crippen LogP) is 2.20. The van der Waals surface area contributed by atoms with E-state index in [0.29, 0.717) is 26.2 Å². The molecule has 0 spiro atoms. The minimum Gasteiger partial charge on any atom is -0.481 e. The topological polar surface area (TPSA) is 66.8 Å². The molecule has 124 valence electrons. The van der Waals surface area contributed by atoms with Crippen LogP contribution in [0.15, 0.2) is 24.3 Å². The van der Waals surface area contributed by atoms with E-state index in [4.69, 9.17) is 9.84 Å². The monoisotopic (exact) mass is 317 g/mol. The number of carbonyl (C=O) groups excluding carboxylic acids is 1. The van der Waals surface area contributed by atoms with Gasteiger partial charge in [0.1, 0.15) is 0 Å². The normalized spacial score (nSPS) is 24.1. The van der Waals surface area contributed by atoms with E-state index in [1.807, 2.05) is 12.1 Å². The number of hydrogen-bond acceptors (Lipinski definition) is 3. The van der Waals surface area contributed by atoms with Crippen LogP contribution in [-0.2, 0) is 20.7 Å². The fourth-order valence-corrected chi connectivity index (χ4v) is 3.75. The zero-order valence-corrected chi connectivity index (χ0v) is 13.2. The smallest absolute Gasteiger partial charge is 0.305 e. The number of nitrogens with zero attached hydrogens (tertiary/aromatic N) is 1. The number of rotatable bonds is 4. The Hall–Kier alpha value is -1.88. The van der Waals surface area contributed by atoms with Crippen molar-refractivity contribution >= 4 is 11.9 Å². The molecule has 3 rings (SSSR count). The summed E-state index contributed by atoms with van der Waals surface area (Å²) in [7, 11) is 0. The second kappa shape index (κ2) is 7.13. The van der Waals surface area contributed by atoms with E-state index < -0.39 is 5.97 Å². The van der Waals surface area contributed by atoms with Crippen LogP contribution in [0.4, 0.5) is 0 Å². The van der Waals surface area contributed by atoms with Crippen molar-refractivity contribution in [3.05, 3.63) is 35.4 Å². The summed E-state index contributed by atoms with van der Waals surface area (Å²) in [5.41, 5.74) is 2.63. The third-order valence-corrected chi connectivity index (χ3v) is 4.87. The molecular weight excluding hydrogens is 294 g/mol. The lowest BCUT2D eigenvalue weighted by Gasteiger charge is -2.36. The van der Waals surface area contributed by atoms with E-state index in [0.717, 1.165) is 19.3 Å². The summed E-state index contributed by atoms with van der Waals surface area (Å²) >= 11 is 0. The number of hydrogen-bond donors (Lipinski definition) is 1. The van der Waals surface area contributed by atoms with Crippen LogP contribution >= 0.6 is 0 Å². The molecule has 1 aliphatic carbocycles. The summed E-state index contributed by atoms with van der Waals surface area (Å²) < 4.78 is 5.35. The van der Waals surface area contributed by atoms with E-state index >= 15 is 0 Å². The van der Waals surface area contributed by atoms with Crippen molar-refractivity contribution in [1.29, 1.82) is 0 Å². The molecule has 0 saturated carbocycles. The number of carbonyl (C=O) groups is 2. The summed E-state index contributed by atoms with van der Waals surface area (Å²) in [6.07, 6.45) is 3.63. The Kier molecular flexibility index (Phi) is 4.96. The van der Waals surface area contributed by atoms with Crippen LogP contribution in [0.25, 0.3) is 0 Å². The van der Waals surface area contributed by atoms with Gasteiger partial charge in [-0.1, -0.05) is 24.3 Å². The number of morpholine rings is 1. The van der Waals surface area contributed by atoms with Gasteiger partial charge in [0.05, 0.1) is 25.7 Å². The predicted molar refractivity (Wildman–Crippen MR) is 85.3 cm³/mol. The zero-order chi connectivity index (χ0) is 16.2. The van der Waals surface area contributed by atoms with Gasteiger partial charge < -0.3 is 14.7 Å². The number of carboxylic acids is 1. The lowest BCUT2D eigenvalue weighted by Crippen LogP contribution is -2.49. The lowest BCUT2D eigenvalue weighted by atomic mass is 9.81. The number of benzene rings is 1. The molecule has 2 atom stereocenters. The molecule has 5 heteroatoms. The van der Waals surface area contributed by atoms with Crippen LogP contribution < -0.4 is 0 Å². The van der Waals surface area contributed by atoms with Crippen LogP contribution in [0.3, 0.4) is 0 Å². The average molecular weight is 317 g/mol. The highest BCUT2D eigenvalue weighted by Gasteiger charge is 2.31. The van der Waals surface area contributed by atoms with E-state index in [1.54, 1.807) is 4.90 Å². The molecule has 1 saturated heterocycles. The third-order valence-electron chi connectivity index (χ3n) is 4.87. The van der Waals surface area contributed by atoms with Crippen LogP contribution in [-0.4, -0.2) is 47.7 Å². The first-order chi connectivity index (χ1) is 11.1. The summed E-state index contributed by atoms with van der Waals surface area (Å²) in [6, 6.07) is 8.01. The van der Waals surface area contributed by atoms with Gasteiger partial charge in [-0.25, -0.2) is 0 Å². The van der Waals surface area contributed by atoms with E-state index in [2.05, 4.69) is 12.1 Å². The van der Waals surface area contributed by atoms with Gasteiger partial charge in [-0.2, -0.15) is 0 Å². The molecule has 1 aromatic rings. The third kappa shape index (κ3) is 3.72. The molecule has 0 bridgehead atoms. The molecule has 0 aromatic heterocycles. The number of ether oxygens (including phenoxy) is 1. The van der Waals surface area contributed by atoms with Gasteiger partial charge >= 0.3 is 5.97 Å². The van der Waals surface area contributed by atoms with Crippen molar-refractivity contribution in [3.8, 4) is 0 Å². The Labute approximate surface area is 136 Å². The molecule has 2 unspecified atom stereocenters. The minimum atomic E-state index is -0.888. The first-order valence-corrected chi connectivity index (χ1v) is 8.32. The highest BCUT2D eigenvalue weighted by atomic mass is 16.5. The maximum atomic E-state index is 12.7. The second-order valence-electron chi connectivity index (χ2n) is 6.41. The van der Waals surface area contributed by atoms with Gasteiger partial charge in [-0.3, -0.25) is 9.59 Å². The van der Waals surface area contributed by atoms with E-state index in [9.17, 15) is 9.59 Å². The van der Waals surface area contributed by atoms with Gasteiger partial charge in [0.2, 0.25) is 5.91 Å².